The summed E-state index contributed by atoms with van der Waals surface area (Å²) in [4.78, 5) is 34.3. The van der Waals surface area contributed by atoms with E-state index in [-0.39, 0.29) is 11.7 Å². The van der Waals surface area contributed by atoms with Gasteiger partial charge in [0.05, 0.1) is 17.6 Å². The number of carboxylic acid groups (broad SMARTS) is 2. The van der Waals surface area contributed by atoms with Crippen LogP contribution in [0, 0.1) is 0 Å². The third-order valence-corrected chi connectivity index (χ3v) is 3.09. The fraction of sp³-hybridized carbons (Fsp3) is 0. The molecule has 27 heavy (non-hydrogen) atoms. The summed E-state index contributed by atoms with van der Waals surface area (Å²) in [7, 11) is 0. The van der Waals surface area contributed by atoms with Crippen molar-refractivity contribution >= 4 is 23.7 Å². The molecule has 0 spiro atoms. The normalized spacial score (nSPS) is 9.78. The Morgan fingerprint density at radius 3 is 2.15 bits per heavy atom. The zero-order chi connectivity index (χ0) is 20.0. The molecule has 0 aliphatic heterocycles. The molecule has 3 aromatic heterocycles. The molecule has 3 rings (SSSR count). The third kappa shape index (κ3) is 5.09. The predicted molar refractivity (Wildman–Crippen MR) is 94.3 cm³/mol. The number of nitrogens with zero attached hydrogens (tertiary/aromatic N) is 4. The predicted octanol–water partition coefficient (Wildman–Crippen LogP) is 0.626. The zero-order valence-electron chi connectivity index (χ0n) is 13.6. The van der Waals surface area contributed by atoms with Crippen molar-refractivity contribution in [2.24, 2.45) is 0 Å². The molecule has 0 aliphatic rings. The van der Waals surface area contributed by atoms with Gasteiger partial charge in [-0.15, -0.1) is 0 Å². The summed E-state index contributed by atoms with van der Waals surface area (Å²) in [5, 5.41) is 24.8. The van der Waals surface area contributed by atoms with E-state index in [9.17, 15) is 5.11 Å². The molecule has 0 aromatic carbocycles. The van der Waals surface area contributed by atoms with Crippen molar-refractivity contribution in [2.75, 3.05) is 11.5 Å². The minimum atomic E-state index is -1.82. The molecule has 0 fully saturated rings. The highest BCUT2D eigenvalue weighted by Gasteiger charge is 2.10. The number of anilines is 2. The molecule has 0 atom stereocenters. The van der Waals surface area contributed by atoms with Gasteiger partial charge in [-0.25, -0.2) is 24.5 Å². The summed E-state index contributed by atoms with van der Waals surface area (Å²) in [5.41, 5.74) is 13.7. The zero-order valence-corrected chi connectivity index (χ0v) is 13.6. The molecule has 0 unspecified atom stereocenters. The van der Waals surface area contributed by atoms with Crippen molar-refractivity contribution in [3.05, 3.63) is 42.9 Å². The van der Waals surface area contributed by atoms with Crippen LogP contribution < -0.4 is 11.5 Å². The fourth-order valence-corrected chi connectivity index (χ4v) is 1.94. The van der Waals surface area contributed by atoms with E-state index in [2.05, 4.69) is 19.9 Å². The van der Waals surface area contributed by atoms with Gasteiger partial charge in [0.2, 0.25) is 5.95 Å². The number of pyridine rings is 2. The van der Waals surface area contributed by atoms with E-state index >= 15 is 0 Å². The number of carbonyl (C=O) groups is 2. The van der Waals surface area contributed by atoms with Crippen LogP contribution in [0.5, 0.6) is 5.75 Å². The minimum Gasteiger partial charge on any atom is -0.506 e. The Labute approximate surface area is 152 Å². The van der Waals surface area contributed by atoms with Crippen molar-refractivity contribution in [2.45, 2.75) is 0 Å². The number of aliphatic carboxylic acids is 2. The van der Waals surface area contributed by atoms with Gasteiger partial charge in [0.15, 0.2) is 0 Å². The molecule has 0 bridgehead atoms. The Kier molecular flexibility index (Phi) is 5.79. The Balaban J connectivity index is 0.000000380. The number of carboxylic acids is 2. The van der Waals surface area contributed by atoms with Gasteiger partial charge >= 0.3 is 11.9 Å². The molecular formula is C16H14N6O5. The number of hydrogen-bond donors (Lipinski definition) is 5. The van der Waals surface area contributed by atoms with Crippen LogP contribution in [0.2, 0.25) is 0 Å². The van der Waals surface area contributed by atoms with Gasteiger partial charge in [-0.2, -0.15) is 0 Å². The summed E-state index contributed by atoms with van der Waals surface area (Å²) in [6.45, 7) is 0. The maximum Gasteiger partial charge on any atom is 0.414 e. The molecule has 3 heterocycles. The van der Waals surface area contributed by atoms with Crippen LogP contribution in [0.25, 0.3) is 22.5 Å². The lowest BCUT2D eigenvalue weighted by Crippen LogP contribution is -2.09. The molecule has 11 heteroatoms. The van der Waals surface area contributed by atoms with E-state index in [0.29, 0.717) is 22.8 Å². The van der Waals surface area contributed by atoms with Gasteiger partial charge in [0.25, 0.3) is 0 Å². The SMILES string of the molecule is Nc1cc(-c2cc(-c3ccnc(N)n3)c(O)cn2)ccn1.O=C(O)C(=O)O. The fourth-order valence-electron chi connectivity index (χ4n) is 1.94. The molecule has 0 amide bonds. The first-order valence-electron chi connectivity index (χ1n) is 7.24. The van der Waals surface area contributed by atoms with Crippen molar-refractivity contribution < 1.29 is 24.9 Å². The summed E-state index contributed by atoms with van der Waals surface area (Å²) in [6.07, 6.45) is 4.49. The second-order valence-corrected chi connectivity index (χ2v) is 4.97. The Bertz CT molecular complexity index is 983. The van der Waals surface area contributed by atoms with Gasteiger partial charge < -0.3 is 26.8 Å². The van der Waals surface area contributed by atoms with Gasteiger partial charge in [0.1, 0.15) is 11.6 Å². The molecule has 7 N–H and O–H groups in total. The van der Waals surface area contributed by atoms with E-state index in [1.54, 1.807) is 30.5 Å². The van der Waals surface area contributed by atoms with Crippen LogP contribution in [0.1, 0.15) is 0 Å². The van der Waals surface area contributed by atoms with E-state index < -0.39 is 11.9 Å². The smallest absolute Gasteiger partial charge is 0.414 e. The Hall–Kier alpha value is -4.28. The van der Waals surface area contributed by atoms with Gasteiger partial charge in [-0.1, -0.05) is 0 Å². The average molecular weight is 370 g/mol. The van der Waals surface area contributed by atoms with Crippen LogP contribution in [-0.4, -0.2) is 47.2 Å². The molecule has 138 valence electrons. The van der Waals surface area contributed by atoms with Crippen LogP contribution in [0.4, 0.5) is 11.8 Å². The first kappa shape index (κ1) is 19.1. The number of rotatable bonds is 2. The lowest BCUT2D eigenvalue weighted by atomic mass is 10.1. The summed E-state index contributed by atoms with van der Waals surface area (Å²) < 4.78 is 0. The highest BCUT2D eigenvalue weighted by Crippen LogP contribution is 2.31. The number of aromatic nitrogens is 4. The van der Waals surface area contributed by atoms with Gasteiger partial charge in [-0.05, 0) is 24.3 Å². The van der Waals surface area contributed by atoms with Crippen LogP contribution >= 0.6 is 0 Å². The lowest BCUT2D eigenvalue weighted by molar-refractivity contribution is -0.159. The molecule has 11 nitrogen and oxygen atoms in total. The van der Waals surface area contributed by atoms with Crippen LogP contribution in [0.15, 0.2) is 42.9 Å². The largest absolute Gasteiger partial charge is 0.506 e. The molecule has 0 saturated carbocycles. The lowest BCUT2D eigenvalue weighted by Gasteiger charge is -2.07. The quantitative estimate of drug-likeness (QED) is 0.396. The molecular weight excluding hydrogens is 356 g/mol. The van der Waals surface area contributed by atoms with Crippen molar-refractivity contribution in [3.8, 4) is 28.3 Å². The van der Waals surface area contributed by atoms with Crippen LogP contribution in [0.3, 0.4) is 0 Å². The second kappa shape index (κ2) is 8.20. The minimum absolute atomic E-state index is 0.0129. The third-order valence-electron chi connectivity index (χ3n) is 3.09. The van der Waals surface area contributed by atoms with Crippen molar-refractivity contribution in [3.63, 3.8) is 0 Å². The maximum absolute atomic E-state index is 9.98. The highest BCUT2D eigenvalue weighted by atomic mass is 16.4. The molecule has 0 saturated heterocycles. The van der Waals surface area contributed by atoms with Gasteiger partial charge in [-0.3, -0.25) is 4.98 Å². The molecule has 3 aromatic rings. The van der Waals surface area contributed by atoms with E-state index in [1.807, 2.05) is 0 Å². The highest BCUT2D eigenvalue weighted by molar-refractivity contribution is 6.27. The topological polar surface area (TPSA) is 198 Å². The summed E-state index contributed by atoms with van der Waals surface area (Å²) in [5.74, 6) is -3.10. The monoisotopic (exact) mass is 370 g/mol. The number of nitrogens with two attached hydrogens (primary N) is 2. The summed E-state index contributed by atoms with van der Waals surface area (Å²) >= 11 is 0. The van der Waals surface area contributed by atoms with Crippen molar-refractivity contribution in [1.82, 2.24) is 19.9 Å². The number of aromatic hydroxyl groups is 1. The molecule has 0 aliphatic carbocycles. The first-order valence-corrected chi connectivity index (χ1v) is 7.24. The summed E-state index contributed by atoms with van der Waals surface area (Å²) in [6, 6.07) is 6.87. The Morgan fingerprint density at radius 2 is 1.56 bits per heavy atom. The number of nitrogen functional groups attached to an aromatic ring is 2. The van der Waals surface area contributed by atoms with Crippen molar-refractivity contribution in [1.29, 1.82) is 0 Å². The molecule has 0 radical (unpaired) electrons. The van der Waals surface area contributed by atoms with E-state index in [4.69, 9.17) is 31.3 Å². The van der Waals surface area contributed by atoms with E-state index in [0.717, 1.165) is 5.56 Å². The first-order chi connectivity index (χ1) is 12.8. The second-order valence-electron chi connectivity index (χ2n) is 4.97. The standard InChI is InChI=1S/C14H12N6O.C2H2O4/c15-13-5-8(1-3-17-13)11-6-9(12(21)7-19-11)10-2-4-18-14(16)20-10;3-1(4)2(5)6/h1-7,21H,(H2,15,17)(H2,16,18,20);(H,3,4)(H,5,6). The Morgan fingerprint density at radius 1 is 0.889 bits per heavy atom. The van der Waals surface area contributed by atoms with Crippen LogP contribution in [-0.2, 0) is 9.59 Å². The maximum atomic E-state index is 9.98. The van der Waals surface area contributed by atoms with Gasteiger partial charge in [0, 0.05) is 23.5 Å². The number of hydrogen-bond acceptors (Lipinski definition) is 9. The van der Waals surface area contributed by atoms with E-state index in [1.165, 1.54) is 12.4 Å². The average Bonchev–Trinajstić information content (AvgIpc) is 2.62.